The van der Waals surface area contributed by atoms with Gasteiger partial charge in [-0.1, -0.05) is 38.3 Å². The third kappa shape index (κ3) is 4.81. The predicted molar refractivity (Wildman–Crippen MR) is 115 cm³/mol. The maximum atomic E-state index is 13.4. The van der Waals surface area contributed by atoms with Crippen molar-refractivity contribution in [3.63, 3.8) is 0 Å². The second kappa shape index (κ2) is 9.20. The zero-order chi connectivity index (χ0) is 22.0. The molecule has 1 N–H and O–H groups in total. The summed E-state index contributed by atoms with van der Waals surface area (Å²) in [5, 5.41) is 7.18. The van der Waals surface area contributed by atoms with Crippen molar-refractivity contribution in [1.29, 1.82) is 0 Å². The maximum absolute atomic E-state index is 13.4. The lowest BCUT2D eigenvalue weighted by molar-refractivity contribution is -0.131. The molecule has 2 unspecified atom stereocenters. The predicted octanol–water partition coefficient (Wildman–Crippen LogP) is 4.42. The molecule has 0 bridgehead atoms. The zero-order valence-corrected chi connectivity index (χ0v) is 18.1. The van der Waals surface area contributed by atoms with Gasteiger partial charge in [-0.25, -0.2) is 4.39 Å². The number of hydrogen-bond donors (Lipinski definition) is 1. The quantitative estimate of drug-likeness (QED) is 0.767. The Hall–Kier alpha value is -2.70. The molecule has 2 atom stereocenters. The van der Waals surface area contributed by atoms with E-state index < -0.39 is 6.04 Å². The monoisotopic (exact) mass is 427 g/mol. The number of halogens is 1. The Balaban J connectivity index is 1.57. The highest BCUT2D eigenvalue weighted by Crippen LogP contribution is 2.30. The van der Waals surface area contributed by atoms with Gasteiger partial charge in [-0.15, -0.1) is 0 Å². The molecule has 2 heterocycles. The minimum Gasteiger partial charge on any atom is -0.355 e. The van der Waals surface area contributed by atoms with E-state index in [1.807, 2.05) is 13.8 Å². The van der Waals surface area contributed by atoms with Crippen molar-refractivity contribution in [3.8, 4) is 11.3 Å². The number of rotatable bonds is 5. The van der Waals surface area contributed by atoms with E-state index in [0.29, 0.717) is 30.2 Å². The summed E-state index contributed by atoms with van der Waals surface area (Å²) in [5.41, 5.74) is 0.813. The number of piperazine rings is 1. The van der Waals surface area contributed by atoms with Gasteiger partial charge in [0.1, 0.15) is 11.9 Å². The van der Waals surface area contributed by atoms with E-state index in [2.05, 4.69) is 10.5 Å². The topological polar surface area (TPSA) is 75.4 Å². The minimum absolute atomic E-state index is 0.0244. The highest BCUT2D eigenvalue weighted by molar-refractivity contribution is 5.97. The molecule has 31 heavy (non-hydrogen) atoms. The summed E-state index contributed by atoms with van der Waals surface area (Å²) in [6, 6.07) is 6.87. The van der Waals surface area contributed by atoms with Crippen LogP contribution < -0.4 is 5.32 Å². The van der Waals surface area contributed by atoms with Crippen molar-refractivity contribution in [1.82, 2.24) is 15.4 Å². The Morgan fingerprint density at radius 2 is 1.94 bits per heavy atom. The molecule has 0 spiro atoms. The Morgan fingerprint density at radius 3 is 2.61 bits per heavy atom. The smallest absolute Gasteiger partial charge is 0.276 e. The first-order valence-electron chi connectivity index (χ1n) is 11.3. The van der Waals surface area contributed by atoms with E-state index in [9.17, 15) is 14.0 Å². The fourth-order valence-corrected chi connectivity index (χ4v) is 4.79. The van der Waals surface area contributed by atoms with E-state index in [0.717, 1.165) is 12.8 Å². The van der Waals surface area contributed by atoms with Crippen LogP contribution >= 0.6 is 0 Å². The van der Waals surface area contributed by atoms with Crippen molar-refractivity contribution in [2.45, 2.75) is 64.5 Å². The molecule has 1 saturated carbocycles. The number of carbonyl (C=O) groups is 2. The number of aromatic nitrogens is 1. The molecule has 1 aromatic heterocycles. The van der Waals surface area contributed by atoms with Crippen LogP contribution in [0.15, 0.2) is 34.9 Å². The van der Waals surface area contributed by atoms with Crippen LogP contribution in [0.5, 0.6) is 0 Å². The van der Waals surface area contributed by atoms with Crippen LogP contribution in [0.3, 0.4) is 0 Å². The van der Waals surface area contributed by atoms with E-state index in [-0.39, 0.29) is 35.3 Å². The third-order valence-electron chi connectivity index (χ3n) is 6.43. The van der Waals surface area contributed by atoms with E-state index in [1.54, 1.807) is 23.1 Å². The van der Waals surface area contributed by atoms with Gasteiger partial charge in [0.05, 0.1) is 0 Å². The van der Waals surface area contributed by atoms with Crippen molar-refractivity contribution in [2.75, 3.05) is 6.54 Å². The molecule has 1 aromatic carbocycles. The Morgan fingerprint density at radius 1 is 1.23 bits per heavy atom. The summed E-state index contributed by atoms with van der Waals surface area (Å²) in [4.78, 5) is 28.1. The molecular formula is C24H30FN3O3. The highest BCUT2D eigenvalue weighted by Gasteiger charge is 2.41. The van der Waals surface area contributed by atoms with Crippen LogP contribution in [0.1, 0.15) is 62.9 Å². The Labute approximate surface area is 182 Å². The summed E-state index contributed by atoms with van der Waals surface area (Å²) in [5.74, 6) is 0.354. The van der Waals surface area contributed by atoms with Crippen LogP contribution in [0.25, 0.3) is 11.3 Å². The van der Waals surface area contributed by atoms with E-state index in [1.165, 1.54) is 31.4 Å². The van der Waals surface area contributed by atoms with Gasteiger partial charge in [-0.2, -0.15) is 0 Å². The second-order valence-corrected chi connectivity index (χ2v) is 9.20. The molecule has 2 aromatic rings. The number of benzene rings is 1. The van der Waals surface area contributed by atoms with Gasteiger partial charge < -0.3 is 14.7 Å². The fourth-order valence-electron chi connectivity index (χ4n) is 4.79. The number of carbonyl (C=O) groups excluding carboxylic acids is 2. The number of hydrogen-bond acceptors (Lipinski definition) is 4. The lowest BCUT2D eigenvalue weighted by Gasteiger charge is -2.43. The fraction of sp³-hybridized carbons (Fsp3) is 0.542. The van der Waals surface area contributed by atoms with Crippen molar-refractivity contribution >= 4 is 11.8 Å². The van der Waals surface area contributed by atoms with E-state index >= 15 is 0 Å². The van der Waals surface area contributed by atoms with Gasteiger partial charge >= 0.3 is 0 Å². The average molecular weight is 428 g/mol. The molecule has 2 aliphatic rings. The van der Waals surface area contributed by atoms with Crippen molar-refractivity contribution in [3.05, 3.63) is 41.8 Å². The van der Waals surface area contributed by atoms with Crippen LogP contribution in [0.4, 0.5) is 4.39 Å². The molecule has 1 aliphatic carbocycles. The molecule has 1 aliphatic heterocycles. The van der Waals surface area contributed by atoms with Gasteiger partial charge in [0, 0.05) is 24.2 Å². The minimum atomic E-state index is -0.515. The van der Waals surface area contributed by atoms with Gasteiger partial charge in [0.25, 0.3) is 5.91 Å². The molecule has 6 nitrogen and oxygen atoms in total. The zero-order valence-electron chi connectivity index (χ0n) is 18.1. The molecule has 7 heteroatoms. The van der Waals surface area contributed by atoms with Crippen LogP contribution in [-0.4, -0.2) is 40.5 Å². The van der Waals surface area contributed by atoms with Gasteiger partial charge in [0.15, 0.2) is 11.5 Å². The summed E-state index contributed by atoms with van der Waals surface area (Å²) in [6.45, 7) is 4.59. The first-order valence-corrected chi connectivity index (χ1v) is 11.3. The van der Waals surface area contributed by atoms with Crippen molar-refractivity contribution in [2.24, 2.45) is 11.8 Å². The molecule has 1 saturated heterocycles. The Bertz CT molecular complexity index is 918. The average Bonchev–Trinajstić information content (AvgIpc) is 3.25. The summed E-state index contributed by atoms with van der Waals surface area (Å²) >= 11 is 0. The van der Waals surface area contributed by atoms with Gasteiger partial charge in [-0.05, 0) is 55.4 Å². The lowest BCUT2D eigenvalue weighted by Crippen LogP contribution is -2.63. The Kier molecular flexibility index (Phi) is 6.39. The first kappa shape index (κ1) is 21.5. The molecule has 2 fully saturated rings. The summed E-state index contributed by atoms with van der Waals surface area (Å²) in [6.07, 6.45) is 6.34. The lowest BCUT2D eigenvalue weighted by atomic mass is 9.82. The van der Waals surface area contributed by atoms with Crippen molar-refractivity contribution < 1.29 is 18.5 Å². The standard InChI is InChI=1S/C24H30FN3O3/c1-15(2)12-21-23(29)26-20(16-6-4-3-5-7-16)14-28(21)24(30)19-13-22(31-27-19)17-8-10-18(25)11-9-17/h8-11,13,15-16,20-21H,3-7,12,14H2,1-2H3,(H,26,29). The maximum Gasteiger partial charge on any atom is 0.276 e. The van der Waals surface area contributed by atoms with Crippen LogP contribution in [0, 0.1) is 17.7 Å². The number of nitrogens with zero attached hydrogens (tertiary/aromatic N) is 2. The largest absolute Gasteiger partial charge is 0.355 e. The summed E-state index contributed by atoms with van der Waals surface area (Å²) < 4.78 is 18.6. The highest BCUT2D eigenvalue weighted by atomic mass is 19.1. The van der Waals surface area contributed by atoms with Crippen LogP contribution in [-0.2, 0) is 4.79 Å². The van der Waals surface area contributed by atoms with Gasteiger partial charge in [-0.3, -0.25) is 9.59 Å². The normalized spacial score (nSPS) is 22.6. The summed E-state index contributed by atoms with van der Waals surface area (Å²) in [7, 11) is 0. The SMILES string of the molecule is CC(C)CC1C(=O)NC(C2CCCCC2)CN1C(=O)c1cc(-c2ccc(F)cc2)on1. The molecule has 2 amide bonds. The number of nitrogens with one attached hydrogen (secondary N) is 1. The van der Waals surface area contributed by atoms with Crippen LogP contribution in [0.2, 0.25) is 0 Å². The molecular weight excluding hydrogens is 397 g/mol. The first-order chi connectivity index (χ1) is 14.9. The van der Waals surface area contributed by atoms with E-state index in [4.69, 9.17) is 4.52 Å². The number of amides is 2. The third-order valence-corrected chi connectivity index (χ3v) is 6.43. The molecule has 0 radical (unpaired) electrons. The molecule has 166 valence electrons. The van der Waals surface area contributed by atoms with Gasteiger partial charge in [0.2, 0.25) is 5.91 Å². The molecule has 4 rings (SSSR count). The second-order valence-electron chi connectivity index (χ2n) is 9.20.